The van der Waals surface area contributed by atoms with Crippen molar-refractivity contribution >= 4 is 62.0 Å². The molecule has 0 spiro atoms. The van der Waals surface area contributed by atoms with Crippen molar-refractivity contribution in [2.45, 2.75) is 11.3 Å². The van der Waals surface area contributed by atoms with Crippen LogP contribution in [0.2, 0.25) is 15.1 Å². The third-order valence-corrected chi connectivity index (χ3v) is 6.61. The minimum Gasteiger partial charge on any atom is -0.872 e. The van der Waals surface area contributed by atoms with E-state index < -0.39 is 21.5 Å². The number of carbonyl (C=O) groups excluding carboxylic acids is 1. The van der Waals surface area contributed by atoms with E-state index in [0.717, 1.165) is 0 Å². The summed E-state index contributed by atoms with van der Waals surface area (Å²) in [5.41, 5.74) is 0.0677. The molecule has 5 N–H and O–H groups in total. The Morgan fingerprint density at radius 2 is 1.66 bits per heavy atom. The number of halogens is 3. The van der Waals surface area contributed by atoms with Gasteiger partial charge in [0, 0.05) is 16.3 Å². The number of rotatable bonds is 2. The Balaban J connectivity index is 0.00000261. The molecule has 2 aromatic rings. The maximum Gasteiger partial charge on any atom is 1.00 e. The first-order chi connectivity index (χ1) is 12.2. The molecule has 0 bridgehead atoms. The molecule has 152 valence electrons. The summed E-state index contributed by atoms with van der Waals surface area (Å²) in [6, 6.07) is 8.39. The van der Waals surface area contributed by atoms with E-state index >= 15 is 0 Å². The normalized spacial score (nSPS) is 14.3. The molecule has 7 nitrogen and oxygen atoms in total. The van der Waals surface area contributed by atoms with Crippen molar-refractivity contribution in [3.63, 3.8) is 0 Å². The predicted molar refractivity (Wildman–Crippen MR) is 107 cm³/mol. The van der Waals surface area contributed by atoms with Gasteiger partial charge in [0.05, 0.1) is 20.7 Å². The van der Waals surface area contributed by atoms with Crippen molar-refractivity contribution < 1.29 is 58.8 Å². The maximum atomic E-state index is 12.8. The fourth-order valence-electron chi connectivity index (χ4n) is 2.57. The molecule has 0 saturated heterocycles. The van der Waals surface area contributed by atoms with Crippen LogP contribution in [0, 0.1) is 0 Å². The van der Waals surface area contributed by atoms with Gasteiger partial charge in [-0.2, -0.15) is 0 Å². The molecule has 12 heteroatoms. The van der Waals surface area contributed by atoms with Crippen molar-refractivity contribution in [1.82, 2.24) is 0 Å². The summed E-state index contributed by atoms with van der Waals surface area (Å²) in [5.74, 6) is -1.71. The molecule has 0 unspecified atom stereocenters. The standard InChI is InChI=1S/C17H12Cl3NO4S.Na.2H2O/c18-9-1-4-15-12(7-9)16(22)11(5-6-26(15,24)25)17(23)21-10-2-3-13(19)14(20)8-10;;;/h1-4,7-8,22H,5-6H2,(H,21,23);;2*1H2/q;+1;;/p-1. The van der Waals surface area contributed by atoms with Crippen LogP contribution in [0.4, 0.5) is 5.69 Å². The summed E-state index contributed by atoms with van der Waals surface area (Å²) in [4.78, 5) is 12.4. The Labute approximate surface area is 204 Å². The minimum absolute atomic E-state index is 0. The molecule has 1 aliphatic heterocycles. The van der Waals surface area contributed by atoms with Crippen LogP contribution < -0.4 is 40.0 Å². The Morgan fingerprint density at radius 1 is 1.00 bits per heavy atom. The monoisotopic (exact) mass is 489 g/mol. The molecular weight excluding hydrogens is 476 g/mol. The van der Waals surface area contributed by atoms with Gasteiger partial charge < -0.3 is 21.4 Å². The van der Waals surface area contributed by atoms with Crippen LogP contribution in [0.1, 0.15) is 12.0 Å². The van der Waals surface area contributed by atoms with E-state index in [4.69, 9.17) is 34.8 Å². The Hall–Kier alpha value is -0.810. The van der Waals surface area contributed by atoms with Gasteiger partial charge >= 0.3 is 29.6 Å². The van der Waals surface area contributed by atoms with Crippen LogP contribution in [-0.4, -0.2) is 31.0 Å². The van der Waals surface area contributed by atoms with E-state index in [1.54, 1.807) is 0 Å². The number of amides is 1. The molecule has 0 aliphatic carbocycles. The number of carbonyl (C=O) groups is 1. The van der Waals surface area contributed by atoms with Gasteiger partial charge in [0.15, 0.2) is 9.84 Å². The van der Waals surface area contributed by atoms with E-state index in [1.165, 1.54) is 36.4 Å². The van der Waals surface area contributed by atoms with Crippen molar-refractivity contribution in [3.8, 4) is 0 Å². The van der Waals surface area contributed by atoms with E-state index in [-0.39, 0.29) is 78.8 Å². The second-order valence-corrected chi connectivity index (χ2v) is 8.93. The Bertz CT molecular complexity index is 1060. The number of sulfone groups is 1. The van der Waals surface area contributed by atoms with E-state index in [0.29, 0.717) is 10.7 Å². The summed E-state index contributed by atoms with van der Waals surface area (Å²) in [6.45, 7) is 0. The maximum absolute atomic E-state index is 12.8. The zero-order chi connectivity index (χ0) is 19.1. The molecule has 0 saturated carbocycles. The third kappa shape index (κ3) is 6.10. The summed E-state index contributed by atoms with van der Waals surface area (Å²) in [6.07, 6.45) is -0.208. The van der Waals surface area contributed by atoms with E-state index in [1.807, 2.05) is 0 Å². The molecule has 29 heavy (non-hydrogen) atoms. The Morgan fingerprint density at radius 3 is 2.28 bits per heavy atom. The number of fused-ring (bicyclic) bond motifs is 1. The predicted octanol–water partition coefficient (Wildman–Crippen LogP) is -1.11. The SMILES string of the molecule is O.O.O=C(Nc1ccc(Cl)c(Cl)c1)C1=C([O-])c2cc(Cl)ccc2S(=O)(=O)CC1.[Na+]. The molecular formula is C17H15Cl3NNaO6S. The molecule has 1 aliphatic rings. The number of hydrogen-bond acceptors (Lipinski definition) is 4. The van der Waals surface area contributed by atoms with Crippen LogP contribution in [0.5, 0.6) is 0 Å². The van der Waals surface area contributed by atoms with Crippen molar-refractivity contribution in [3.05, 3.63) is 62.6 Å². The quantitative estimate of drug-likeness (QED) is 0.531. The van der Waals surface area contributed by atoms with Crippen molar-refractivity contribution in [1.29, 1.82) is 0 Å². The molecule has 0 fully saturated rings. The molecule has 1 amide bonds. The van der Waals surface area contributed by atoms with E-state index in [2.05, 4.69) is 5.32 Å². The van der Waals surface area contributed by atoms with Crippen LogP contribution in [0.25, 0.3) is 5.76 Å². The Kier molecular flexibility index (Phi) is 10.7. The van der Waals surface area contributed by atoms with Gasteiger partial charge in [-0.1, -0.05) is 40.6 Å². The van der Waals surface area contributed by atoms with Gasteiger partial charge in [-0.3, -0.25) is 4.79 Å². The van der Waals surface area contributed by atoms with Gasteiger partial charge in [-0.15, -0.1) is 0 Å². The summed E-state index contributed by atoms with van der Waals surface area (Å²) < 4.78 is 24.8. The smallest absolute Gasteiger partial charge is 0.872 e. The second kappa shape index (κ2) is 11.0. The second-order valence-electron chi connectivity index (χ2n) is 5.60. The minimum atomic E-state index is -3.70. The summed E-state index contributed by atoms with van der Waals surface area (Å²) >= 11 is 17.6. The molecule has 0 atom stereocenters. The van der Waals surface area contributed by atoms with Crippen LogP contribution >= 0.6 is 34.8 Å². The molecule has 2 aromatic carbocycles. The summed E-state index contributed by atoms with van der Waals surface area (Å²) in [7, 11) is -3.70. The van der Waals surface area contributed by atoms with Crippen molar-refractivity contribution in [2.24, 2.45) is 0 Å². The molecule has 0 aromatic heterocycles. The van der Waals surface area contributed by atoms with Gasteiger partial charge in [-0.25, -0.2) is 8.42 Å². The molecule has 1 heterocycles. The summed E-state index contributed by atoms with van der Waals surface area (Å²) in [5, 5.41) is 16.1. The third-order valence-electron chi connectivity index (χ3n) is 3.87. The van der Waals surface area contributed by atoms with Gasteiger partial charge in [0.2, 0.25) is 0 Å². The van der Waals surface area contributed by atoms with E-state index in [9.17, 15) is 18.3 Å². The topological polar surface area (TPSA) is 149 Å². The van der Waals surface area contributed by atoms with Crippen molar-refractivity contribution in [2.75, 3.05) is 11.1 Å². The van der Waals surface area contributed by atoms with Crippen LogP contribution in [0.3, 0.4) is 0 Å². The molecule has 3 rings (SSSR count). The first-order valence-corrected chi connectivity index (χ1v) is 10.2. The number of anilines is 1. The first kappa shape index (κ1) is 28.2. The van der Waals surface area contributed by atoms with Crippen LogP contribution in [0.15, 0.2) is 46.9 Å². The molecule has 0 radical (unpaired) electrons. The number of benzene rings is 2. The van der Waals surface area contributed by atoms with Crippen LogP contribution in [-0.2, 0) is 14.6 Å². The van der Waals surface area contributed by atoms with Gasteiger partial charge in [-0.05, 0) is 48.4 Å². The largest absolute Gasteiger partial charge is 1.00 e. The number of nitrogens with one attached hydrogen (secondary N) is 1. The zero-order valence-electron chi connectivity index (χ0n) is 15.1. The average Bonchev–Trinajstić information content (AvgIpc) is 2.66. The fourth-order valence-corrected chi connectivity index (χ4v) is 4.50. The van der Waals surface area contributed by atoms with Gasteiger partial charge in [0.1, 0.15) is 0 Å². The van der Waals surface area contributed by atoms with Gasteiger partial charge in [0.25, 0.3) is 5.91 Å². The first-order valence-electron chi connectivity index (χ1n) is 7.38. The zero-order valence-corrected chi connectivity index (χ0v) is 20.1. The number of hydrogen-bond donors (Lipinski definition) is 1. The average molecular weight is 491 g/mol. The fraction of sp³-hybridized carbons (Fsp3) is 0.118.